The number of carbonyl (C=O) groups is 2. The van der Waals surface area contributed by atoms with Crippen LogP contribution in [0.5, 0.6) is 0 Å². The molecule has 1 atom stereocenters. The number of nitrogens with zero attached hydrogens (tertiary/aromatic N) is 1. The number of nitrogens with one attached hydrogen (secondary N) is 3. The van der Waals surface area contributed by atoms with Gasteiger partial charge in [-0.3, -0.25) is 14.7 Å². The molecule has 122 valence electrons. The first-order chi connectivity index (χ1) is 10.8. The van der Waals surface area contributed by atoms with Crippen LogP contribution in [0.4, 0.5) is 5.69 Å². The fourth-order valence-electron chi connectivity index (χ4n) is 1.95. The van der Waals surface area contributed by atoms with E-state index in [9.17, 15) is 14.7 Å². The van der Waals surface area contributed by atoms with E-state index in [0.717, 1.165) is 0 Å². The lowest BCUT2D eigenvalue weighted by Crippen LogP contribution is -2.33. The first-order valence-corrected chi connectivity index (χ1v) is 8.18. The van der Waals surface area contributed by atoms with Crippen molar-refractivity contribution in [1.82, 2.24) is 15.5 Å². The van der Waals surface area contributed by atoms with Crippen LogP contribution in [0, 0.1) is 6.92 Å². The Morgan fingerprint density at radius 2 is 1.96 bits per heavy atom. The van der Waals surface area contributed by atoms with Crippen molar-refractivity contribution in [2.75, 3.05) is 5.32 Å². The molecule has 7 nitrogen and oxygen atoms in total. The summed E-state index contributed by atoms with van der Waals surface area (Å²) in [6, 6.07) is 4.87. The maximum Gasteiger partial charge on any atom is 0.276 e. The van der Waals surface area contributed by atoms with Crippen molar-refractivity contribution in [3.8, 4) is 0 Å². The summed E-state index contributed by atoms with van der Waals surface area (Å²) in [5.74, 6) is -0.952. The van der Waals surface area contributed by atoms with Crippen molar-refractivity contribution >= 4 is 49.4 Å². The SMILES string of the molecule is Cc1cc(Br)cc(C(=O)NC(C)O)c1NC(=O)c1cc(Br)[nH]n1. The molecule has 0 aliphatic rings. The predicted molar refractivity (Wildman–Crippen MR) is 92.3 cm³/mol. The molecule has 0 radical (unpaired) electrons. The topological polar surface area (TPSA) is 107 Å². The lowest BCUT2D eigenvalue weighted by atomic mass is 10.1. The number of aliphatic hydroxyl groups excluding tert-OH is 1. The van der Waals surface area contributed by atoms with Crippen molar-refractivity contribution in [2.45, 2.75) is 20.1 Å². The molecule has 0 spiro atoms. The lowest BCUT2D eigenvalue weighted by molar-refractivity contribution is 0.0819. The van der Waals surface area contributed by atoms with Crippen LogP contribution < -0.4 is 10.6 Å². The third kappa shape index (κ3) is 4.40. The van der Waals surface area contributed by atoms with E-state index in [-0.39, 0.29) is 11.3 Å². The molecule has 4 N–H and O–H groups in total. The van der Waals surface area contributed by atoms with Crippen molar-refractivity contribution in [2.24, 2.45) is 0 Å². The highest BCUT2D eigenvalue weighted by Crippen LogP contribution is 2.26. The third-order valence-electron chi connectivity index (χ3n) is 2.90. The molecule has 9 heteroatoms. The van der Waals surface area contributed by atoms with E-state index in [2.05, 4.69) is 52.7 Å². The summed E-state index contributed by atoms with van der Waals surface area (Å²) in [6.07, 6.45) is -1.01. The van der Waals surface area contributed by atoms with Gasteiger partial charge in [-0.2, -0.15) is 5.10 Å². The van der Waals surface area contributed by atoms with Gasteiger partial charge in [0.25, 0.3) is 11.8 Å². The molecular formula is C14H14Br2N4O3. The molecule has 0 bridgehead atoms. The van der Waals surface area contributed by atoms with E-state index in [1.54, 1.807) is 19.1 Å². The highest BCUT2D eigenvalue weighted by atomic mass is 79.9. The van der Waals surface area contributed by atoms with Gasteiger partial charge in [0.05, 0.1) is 11.3 Å². The Kier molecular flexibility index (Phi) is 5.55. The second-order valence-corrected chi connectivity index (χ2v) is 6.62. The Hall–Kier alpha value is -1.71. The van der Waals surface area contributed by atoms with Gasteiger partial charge in [-0.15, -0.1) is 0 Å². The van der Waals surface area contributed by atoms with E-state index in [1.807, 2.05) is 0 Å². The Bertz CT molecular complexity index is 758. The van der Waals surface area contributed by atoms with E-state index in [0.29, 0.717) is 20.3 Å². The summed E-state index contributed by atoms with van der Waals surface area (Å²) in [5, 5.41) is 20.9. The standard InChI is InChI=1S/C14H14Br2N4O3/c1-6-3-8(15)4-9(13(22)17-7(2)21)12(6)18-14(23)10-5-11(16)20-19-10/h3-5,7,21H,1-2H3,(H,17,22)(H,18,23)(H,19,20). The minimum atomic E-state index is -1.01. The Balaban J connectivity index is 2.36. The molecule has 0 saturated heterocycles. The molecule has 0 aliphatic heterocycles. The van der Waals surface area contributed by atoms with Gasteiger partial charge in [0, 0.05) is 10.5 Å². The van der Waals surface area contributed by atoms with Crippen LogP contribution in [0.15, 0.2) is 27.3 Å². The molecule has 1 aromatic heterocycles. The molecule has 2 rings (SSSR count). The summed E-state index contributed by atoms with van der Waals surface area (Å²) in [5.41, 5.74) is 1.47. The average molecular weight is 446 g/mol. The maximum atomic E-state index is 12.3. The largest absolute Gasteiger partial charge is 0.374 e. The Morgan fingerprint density at radius 3 is 2.52 bits per heavy atom. The zero-order valence-corrected chi connectivity index (χ0v) is 15.4. The molecule has 1 unspecified atom stereocenters. The second-order valence-electron chi connectivity index (χ2n) is 4.85. The van der Waals surface area contributed by atoms with Crippen molar-refractivity contribution in [3.63, 3.8) is 0 Å². The minimum absolute atomic E-state index is 0.182. The summed E-state index contributed by atoms with van der Waals surface area (Å²) >= 11 is 6.50. The number of halogens is 2. The number of aromatic nitrogens is 2. The van der Waals surface area contributed by atoms with Crippen LogP contribution in [0.1, 0.15) is 33.3 Å². The molecule has 23 heavy (non-hydrogen) atoms. The minimum Gasteiger partial charge on any atom is -0.374 e. The zero-order chi connectivity index (χ0) is 17.1. The maximum absolute atomic E-state index is 12.3. The molecule has 0 fully saturated rings. The highest BCUT2D eigenvalue weighted by Gasteiger charge is 2.19. The Labute approximate surface area is 149 Å². The number of aryl methyl sites for hydroxylation is 1. The summed E-state index contributed by atoms with van der Waals surface area (Å²) in [7, 11) is 0. The number of carbonyl (C=O) groups excluding carboxylic acids is 2. The fraction of sp³-hybridized carbons (Fsp3) is 0.214. The van der Waals surface area contributed by atoms with Gasteiger partial charge < -0.3 is 15.7 Å². The predicted octanol–water partition coefficient (Wildman–Crippen LogP) is 2.56. The molecule has 1 heterocycles. The average Bonchev–Trinajstić information content (AvgIpc) is 2.87. The third-order valence-corrected chi connectivity index (χ3v) is 3.77. The highest BCUT2D eigenvalue weighted by molar-refractivity contribution is 9.10. The van der Waals surface area contributed by atoms with Gasteiger partial charge in [-0.05, 0) is 47.5 Å². The van der Waals surface area contributed by atoms with Gasteiger partial charge in [0.15, 0.2) is 5.69 Å². The summed E-state index contributed by atoms with van der Waals surface area (Å²) in [6.45, 7) is 3.20. The molecule has 1 aromatic carbocycles. The lowest BCUT2D eigenvalue weighted by Gasteiger charge is -2.15. The van der Waals surface area contributed by atoms with Gasteiger partial charge in [0.2, 0.25) is 0 Å². The van der Waals surface area contributed by atoms with Crippen molar-refractivity contribution in [3.05, 3.63) is 44.1 Å². The summed E-state index contributed by atoms with van der Waals surface area (Å²) in [4.78, 5) is 24.5. The van der Waals surface area contributed by atoms with Crippen LogP contribution in [-0.4, -0.2) is 33.3 Å². The van der Waals surface area contributed by atoms with Gasteiger partial charge in [0.1, 0.15) is 10.8 Å². The number of hydrogen-bond donors (Lipinski definition) is 4. The number of H-pyrrole nitrogens is 1. The number of anilines is 1. The molecule has 2 aromatic rings. The van der Waals surface area contributed by atoms with Gasteiger partial charge in [-0.1, -0.05) is 15.9 Å². The Morgan fingerprint density at radius 1 is 1.26 bits per heavy atom. The smallest absolute Gasteiger partial charge is 0.276 e. The molecule has 0 saturated carbocycles. The van der Waals surface area contributed by atoms with Gasteiger partial charge in [-0.25, -0.2) is 0 Å². The van der Waals surface area contributed by atoms with Crippen LogP contribution in [0.2, 0.25) is 0 Å². The first kappa shape index (κ1) is 17.6. The monoisotopic (exact) mass is 444 g/mol. The second kappa shape index (κ2) is 7.24. The number of amides is 2. The number of rotatable bonds is 4. The van der Waals surface area contributed by atoms with E-state index in [1.165, 1.54) is 13.0 Å². The van der Waals surface area contributed by atoms with Crippen LogP contribution in [0.3, 0.4) is 0 Å². The first-order valence-electron chi connectivity index (χ1n) is 6.59. The van der Waals surface area contributed by atoms with Crippen LogP contribution in [0.25, 0.3) is 0 Å². The van der Waals surface area contributed by atoms with Crippen LogP contribution in [-0.2, 0) is 0 Å². The molecule has 2 amide bonds. The fourth-order valence-corrected chi connectivity index (χ4v) is 2.83. The number of aliphatic hydroxyl groups is 1. The normalized spacial score (nSPS) is 11.9. The molecular weight excluding hydrogens is 432 g/mol. The van der Waals surface area contributed by atoms with E-state index < -0.39 is 18.0 Å². The van der Waals surface area contributed by atoms with E-state index >= 15 is 0 Å². The summed E-state index contributed by atoms with van der Waals surface area (Å²) < 4.78 is 1.26. The number of aromatic amines is 1. The molecule has 0 aliphatic carbocycles. The van der Waals surface area contributed by atoms with Crippen molar-refractivity contribution < 1.29 is 14.7 Å². The zero-order valence-electron chi connectivity index (χ0n) is 12.3. The number of benzene rings is 1. The van der Waals surface area contributed by atoms with Gasteiger partial charge >= 0.3 is 0 Å². The van der Waals surface area contributed by atoms with Crippen molar-refractivity contribution in [1.29, 1.82) is 0 Å². The quantitative estimate of drug-likeness (QED) is 0.542. The number of hydrogen-bond acceptors (Lipinski definition) is 4. The van der Waals surface area contributed by atoms with E-state index in [4.69, 9.17) is 0 Å². The van der Waals surface area contributed by atoms with Crippen LogP contribution >= 0.6 is 31.9 Å².